The molecule has 0 bridgehead atoms. The maximum Gasteiger partial charge on any atom is 0.254 e. The van der Waals surface area contributed by atoms with Gasteiger partial charge in [0.05, 0.1) is 18.8 Å². The van der Waals surface area contributed by atoms with E-state index in [1.54, 1.807) is 39.3 Å². The lowest BCUT2D eigenvalue weighted by atomic mass is 10.2. The van der Waals surface area contributed by atoms with Gasteiger partial charge in [0.15, 0.2) is 0 Å². The van der Waals surface area contributed by atoms with Gasteiger partial charge >= 0.3 is 0 Å². The molecule has 0 aliphatic rings. The van der Waals surface area contributed by atoms with Gasteiger partial charge in [0.2, 0.25) is 0 Å². The van der Waals surface area contributed by atoms with Gasteiger partial charge in [-0.2, -0.15) is 0 Å². The van der Waals surface area contributed by atoms with Crippen molar-refractivity contribution in [2.75, 3.05) is 0 Å². The summed E-state index contributed by atoms with van der Waals surface area (Å²) in [6.07, 6.45) is 3.39. The first-order chi connectivity index (χ1) is 12.6. The van der Waals surface area contributed by atoms with Gasteiger partial charge < -0.3 is 9.47 Å². The molecule has 0 atom stereocenters. The number of aromatic nitrogens is 2. The number of nitrogens with zero attached hydrogens (tertiary/aromatic N) is 3. The van der Waals surface area contributed by atoms with Gasteiger partial charge in [0.1, 0.15) is 0 Å². The van der Waals surface area contributed by atoms with Crippen LogP contribution >= 0.6 is 11.3 Å². The zero-order valence-electron chi connectivity index (χ0n) is 14.9. The summed E-state index contributed by atoms with van der Waals surface area (Å²) >= 11 is 1.63. The number of pyridine rings is 2. The third-order valence-electron chi connectivity index (χ3n) is 4.25. The molecular weight excluding hydrogens is 346 g/mol. The van der Waals surface area contributed by atoms with E-state index in [4.69, 9.17) is 0 Å². The number of carbonyl (C=O) groups excluding carboxylic acids is 1. The van der Waals surface area contributed by atoms with Gasteiger partial charge in [-0.1, -0.05) is 6.07 Å². The number of rotatable bonds is 6. The van der Waals surface area contributed by atoms with Crippen molar-refractivity contribution >= 4 is 17.2 Å². The Morgan fingerprint density at radius 2 is 2.08 bits per heavy atom. The fourth-order valence-corrected chi connectivity index (χ4v) is 3.63. The molecule has 3 aromatic heterocycles. The van der Waals surface area contributed by atoms with Crippen LogP contribution in [0, 0.1) is 6.92 Å². The van der Waals surface area contributed by atoms with Crippen LogP contribution in [-0.4, -0.2) is 20.4 Å². The van der Waals surface area contributed by atoms with Gasteiger partial charge in [-0.25, -0.2) is 0 Å². The van der Waals surface area contributed by atoms with Crippen LogP contribution in [0.4, 0.5) is 0 Å². The lowest BCUT2D eigenvalue weighted by molar-refractivity contribution is 0.0729. The highest BCUT2D eigenvalue weighted by Crippen LogP contribution is 2.20. The predicted molar refractivity (Wildman–Crippen MR) is 103 cm³/mol. The molecule has 0 spiro atoms. The monoisotopic (exact) mass is 367 g/mol. The lowest BCUT2D eigenvalue weighted by Crippen LogP contribution is -2.32. The predicted octanol–water partition coefficient (Wildman–Crippen LogP) is 3.48. The molecule has 0 saturated carbocycles. The largest absolute Gasteiger partial charge is 0.328 e. The first-order valence-corrected chi connectivity index (χ1v) is 9.39. The second-order valence-corrected chi connectivity index (χ2v) is 7.05. The molecular formula is C20H21N3O2S. The molecule has 3 heterocycles. The van der Waals surface area contributed by atoms with Crippen molar-refractivity contribution in [1.82, 2.24) is 14.5 Å². The maximum absolute atomic E-state index is 13.1. The van der Waals surface area contributed by atoms with Crippen LogP contribution in [-0.2, 0) is 19.6 Å². The summed E-state index contributed by atoms with van der Waals surface area (Å²) in [5.41, 5.74) is 2.22. The Kier molecular flexibility index (Phi) is 5.63. The highest BCUT2D eigenvalue weighted by Gasteiger charge is 2.19. The molecule has 0 unspecified atom stereocenters. The van der Waals surface area contributed by atoms with Gasteiger partial charge in [-0.05, 0) is 49.1 Å². The zero-order chi connectivity index (χ0) is 18.5. The SMILES string of the molecule is CCn1ccc(C(=O)N(Cc2ccccn2)Cc2sccc2C)cc1=O. The summed E-state index contributed by atoms with van der Waals surface area (Å²) in [4.78, 5) is 32.4. The number of amides is 1. The van der Waals surface area contributed by atoms with Crippen LogP contribution in [0.15, 0.2) is 59.0 Å². The Morgan fingerprint density at radius 3 is 2.69 bits per heavy atom. The number of hydrogen-bond acceptors (Lipinski definition) is 4. The second-order valence-electron chi connectivity index (χ2n) is 6.05. The molecule has 0 aliphatic heterocycles. The number of thiophene rings is 1. The number of carbonyl (C=O) groups is 1. The smallest absolute Gasteiger partial charge is 0.254 e. The van der Waals surface area contributed by atoms with Gasteiger partial charge in [0, 0.05) is 35.4 Å². The highest BCUT2D eigenvalue weighted by atomic mass is 32.1. The highest BCUT2D eigenvalue weighted by molar-refractivity contribution is 7.10. The number of hydrogen-bond donors (Lipinski definition) is 0. The third kappa shape index (κ3) is 4.08. The molecule has 0 aromatic carbocycles. The molecule has 0 fully saturated rings. The van der Waals surface area contributed by atoms with E-state index in [1.807, 2.05) is 43.5 Å². The van der Waals surface area contributed by atoms with E-state index in [0.717, 1.165) is 16.1 Å². The normalized spacial score (nSPS) is 10.7. The fourth-order valence-electron chi connectivity index (χ4n) is 2.71. The van der Waals surface area contributed by atoms with Crippen molar-refractivity contribution in [3.8, 4) is 0 Å². The van der Waals surface area contributed by atoms with Crippen molar-refractivity contribution in [2.24, 2.45) is 0 Å². The molecule has 0 aliphatic carbocycles. The van der Waals surface area contributed by atoms with Gasteiger partial charge in [0.25, 0.3) is 11.5 Å². The third-order valence-corrected chi connectivity index (χ3v) is 5.26. The summed E-state index contributed by atoms with van der Waals surface area (Å²) in [6, 6.07) is 10.8. The Morgan fingerprint density at radius 1 is 1.23 bits per heavy atom. The molecule has 3 rings (SSSR count). The fraction of sp³-hybridized carbons (Fsp3) is 0.250. The maximum atomic E-state index is 13.1. The minimum absolute atomic E-state index is 0.163. The quantitative estimate of drug-likeness (QED) is 0.670. The Bertz CT molecular complexity index is 947. The number of aryl methyl sites for hydroxylation is 2. The summed E-state index contributed by atoms with van der Waals surface area (Å²) < 4.78 is 1.57. The van der Waals surface area contributed by atoms with Crippen molar-refractivity contribution in [3.63, 3.8) is 0 Å². The molecule has 6 heteroatoms. The van der Waals surface area contributed by atoms with Crippen LogP contribution in [0.5, 0.6) is 0 Å². The first-order valence-electron chi connectivity index (χ1n) is 8.51. The van der Waals surface area contributed by atoms with E-state index in [0.29, 0.717) is 25.2 Å². The lowest BCUT2D eigenvalue weighted by Gasteiger charge is -2.22. The standard InChI is InChI=1S/C20H21N3O2S/c1-3-22-10-7-16(12-19(22)24)20(25)23(13-17-6-4-5-9-21-17)14-18-15(2)8-11-26-18/h4-12H,3,13-14H2,1-2H3. The Labute approximate surface area is 156 Å². The Hall–Kier alpha value is -2.73. The van der Waals surface area contributed by atoms with Crippen molar-refractivity contribution in [2.45, 2.75) is 33.5 Å². The topological polar surface area (TPSA) is 55.2 Å². The molecule has 3 aromatic rings. The van der Waals surface area contributed by atoms with Crippen molar-refractivity contribution < 1.29 is 4.79 Å². The minimum atomic E-state index is -0.163. The molecule has 26 heavy (non-hydrogen) atoms. The summed E-state index contributed by atoms with van der Waals surface area (Å²) in [6.45, 7) is 5.41. The van der Waals surface area contributed by atoms with Crippen LogP contribution in [0.2, 0.25) is 0 Å². The van der Waals surface area contributed by atoms with Gasteiger partial charge in [-0.15, -0.1) is 11.3 Å². The average molecular weight is 367 g/mol. The van der Waals surface area contributed by atoms with E-state index in [9.17, 15) is 9.59 Å². The molecule has 0 saturated heterocycles. The molecule has 1 amide bonds. The van der Waals surface area contributed by atoms with Crippen LogP contribution in [0.25, 0.3) is 0 Å². The summed E-state index contributed by atoms with van der Waals surface area (Å²) in [7, 11) is 0. The van der Waals surface area contributed by atoms with Crippen LogP contribution in [0.3, 0.4) is 0 Å². The van der Waals surface area contributed by atoms with Crippen LogP contribution in [0.1, 0.15) is 33.4 Å². The molecule has 0 N–H and O–H groups in total. The van der Waals surface area contributed by atoms with E-state index in [2.05, 4.69) is 4.98 Å². The van der Waals surface area contributed by atoms with Crippen LogP contribution < -0.4 is 5.56 Å². The van der Waals surface area contributed by atoms with E-state index in [1.165, 1.54) is 6.07 Å². The molecule has 5 nitrogen and oxygen atoms in total. The van der Waals surface area contributed by atoms with E-state index < -0.39 is 0 Å². The minimum Gasteiger partial charge on any atom is -0.328 e. The van der Waals surface area contributed by atoms with Crippen molar-refractivity contribution in [3.05, 3.63) is 86.2 Å². The van der Waals surface area contributed by atoms with E-state index in [-0.39, 0.29) is 11.5 Å². The molecule has 0 radical (unpaired) electrons. The second kappa shape index (κ2) is 8.10. The zero-order valence-corrected chi connectivity index (χ0v) is 15.7. The summed E-state index contributed by atoms with van der Waals surface area (Å²) in [5, 5.41) is 2.02. The first kappa shape index (κ1) is 18.1. The average Bonchev–Trinajstić information content (AvgIpc) is 3.06. The molecule has 134 valence electrons. The van der Waals surface area contributed by atoms with Gasteiger partial charge in [-0.3, -0.25) is 14.6 Å². The van der Waals surface area contributed by atoms with E-state index >= 15 is 0 Å². The Balaban J connectivity index is 1.91. The summed E-state index contributed by atoms with van der Waals surface area (Å²) in [5.74, 6) is -0.163. The van der Waals surface area contributed by atoms with Crippen molar-refractivity contribution in [1.29, 1.82) is 0 Å².